The first kappa shape index (κ1) is 29.6. The highest BCUT2D eigenvalue weighted by molar-refractivity contribution is 5.92. The molecule has 1 aliphatic rings. The monoisotopic (exact) mass is 503 g/mol. The fourth-order valence-corrected chi connectivity index (χ4v) is 4.74. The number of benzene rings is 1. The lowest BCUT2D eigenvalue weighted by molar-refractivity contribution is -0.146. The van der Waals surface area contributed by atoms with Gasteiger partial charge in [0, 0.05) is 12.1 Å². The average molecular weight is 504 g/mol. The summed E-state index contributed by atoms with van der Waals surface area (Å²) in [5, 5.41) is 15.8. The van der Waals surface area contributed by atoms with E-state index in [2.05, 4.69) is 10.6 Å². The number of aliphatic hydroxyl groups is 1. The average Bonchev–Trinajstić information content (AvgIpc) is 2.78. The molecule has 1 fully saturated rings. The molecule has 1 aromatic rings. The smallest absolute Gasteiger partial charge is 0.408 e. The summed E-state index contributed by atoms with van der Waals surface area (Å²) in [4.78, 5) is 41.7. The zero-order chi connectivity index (χ0) is 27.0. The topological polar surface area (TPSA) is 108 Å². The fraction of sp³-hybridized carbons (Fsp3) is 0.679. The molecule has 8 heteroatoms. The molecular weight excluding hydrogens is 458 g/mol. The zero-order valence-electron chi connectivity index (χ0n) is 23.0. The van der Waals surface area contributed by atoms with Crippen molar-refractivity contribution in [2.24, 2.45) is 0 Å². The summed E-state index contributed by atoms with van der Waals surface area (Å²) in [5.74, 6) is -0.768. The van der Waals surface area contributed by atoms with Crippen molar-refractivity contribution in [3.63, 3.8) is 0 Å². The van der Waals surface area contributed by atoms with Crippen molar-refractivity contribution in [1.29, 1.82) is 0 Å². The van der Waals surface area contributed by atoms with E-state index in [1.54, 1.807) is 20.8 Å². The Labute approximate surface area is 216 Å². The summed E-state index contributed by atoms with van der Waals surface area (Å²) >= 11 is 0. The summed E-state index contributed by atoms with van der Waals surface area (Å²) in [6, 6.07) is 3.48. The van der Waals surface area contributed by atoms with Crippen LogP contribution in [0.25, 0.3) is 0 Å². The Bertz CT molecular complexity index is 885. The Kier molecular flexibility index (Phi) is 10.8. The second-order valence-corrected chi connectivity index (χ2v) is 11.1. The Morgan fingerprint density at radius 3 is 2.17 bits per heavy atom. The first-order valence-electron chi connectivity index (χ1n) is 13.2. The molecule has 0 radical (unpaired) electrons. The lowest BCUT2D eigenvalue weighted by Crippen LogP contribution is -2.57. The summed E-state index contributed by atoms with van der Waals surface area (Å²) < 4.78 is 5.30. The molecule has 3 N–H and O–H groups in total. The molecule has 0 saturated heterocycles. The quantitative estimate of drug-likeness (QED) is 0.466. The molecule has 36 heavy (non-hydrogen) atoms. The van der Waals surface area contributed by atoms with Crippen LogP contribution in [0.4, 0.5) is 4.79 Å². The van der Waals surface area contributed by atoms with Crippen molar-refractivity contribution in [1.82, 2.24) is 15.5 Å². The van der Waals surface area contributed by atoms with Crippen LogP contribution >= 0.6 is 0 Å². The highest BCUT2D eigenvalue weighted by Crippen LogP contribution is 2.29. The van der Waals surface area contributed by atoms with Crippen molar-refractivity contribution in [2.75, 3.05) is 6.61 Å². The van der Waals surface area contributed by atoms with E-state index >= 15 is 0 Å². The van der Waals surface area contributed by atoms with E-state index in [1.807, 2.05) is 45.9 Å². The lowest BCUT2D eigenvalue weighted by atomic mass is 9.93. The number of ether oxygens (including phenoxy) is 1. The minimum atomic E-state index is -1.25. The van der Waals surface area contributed by atoms with E-state index in [4.69, 9.17) is 4.74 Å². The number of rotatable bonds is 9. The molecule has 3 atom stereocenters. The molecule has 1 saturated carbocycles. The van der Waals surface area contributed by atoms with Crippen molar-refractivity contribution >= 4 is 17.9 Å². The number of nitrogens with one attached hydrogen (secondary N) is 2. The minimum absolute atomic E-state index is 0.0714. The van der Waals surface area contributed by atoms with Crippen molar-refractivity contribution < 1.29 is 24.2 Å². The van der Waals surface area contributed by atoms with Gasteiger partial charge in [-0.25, -0.2) is 4.79 Å². The predicted molar refractivity (Wildman–Crippen MR) is 141 cm³/mol. The molecule has 1 aromatic carbocycles. The number of carbonyl (C=O) groups excluding carboxylic acids is 3. The van der Waals surface area contributed by atoms with Gasteiger partial charge in [0.25, 0.3) is 0 Å². The molecule has 0 bridgehead atoms. The Balaban J connectivity index is 2.47. The van der Waals surface area contributed by atoms with Crippen LogP contribution in [0.3, 0.4) is 0 Å². The van der Waals surface area contributed by atoms with E-state index in [0.717, 1.165) is 36.8 Å². The second-order valence-electron chi connectivity index (χ2n) is 11.1. The summed E-state index contributed by atoms with van der Waals surface area (Å²) in [7, 11) is 0. The van der Waals surface area contributed by atoms with Crippen LogP contribution in [0.15, 0.2) is 18.2 Å². The van der Waals surface area contributed by atoms with Gasteiger partial charge in [-0.3, -0.25) is 9.59 Å². The van der Waals surface area contributed by atoms with Gasteiger partial charge in [-0.2, -0.15) is 0 Å². The molecular formula is C28H45N3O5. The zero-order valence-corrected chi connectivity index (χ0v) is 23.0. The number of hydrogen-bond acceptors (Lipinski definition) is 5. The van der Waals surface area contributed by atoms with Gasteiger partial charge in [0.15, 0.2) is 0 Å². The highest BCUT2D eigenvalue weighted by Gasteiger charge is 2.39. The van der Waals surface area contributed by atoms with Gasteiger partial charge in [-0.05, 0) is 66.4 Å². The van der Waals surface area contributed by atoms with Crippen LogP contribution in [0, 0.1) is 13.8 Å². The number of amides is 3. The van der Waals surface area contributed by atoms with Crippen LogP contribution < -0.4 is 10.6 Å². The third-order valence-corrected chi connectivity index (χ3v) is 6.53. The highest BCUT2D eigenvalue weighted by atomic mass is 16.6. The summed E-state index contributed by atoms with van der Waals surface area (Å²) in [6.07, 6.45) is 4.93. The van der Waals surface area contributed by atoms with E-state index in [9.17, 15) is 19.5 Å². The van der Waals surface area contributed by atoms with Gasteiger partial charge in [-0.1, -0.05) is 55.5 Å². The summed E-state index contributed by atoms with van der Waals surface area (Å²) in [5.41, 5.74) is 1.93. The van der Waals surface area contributed by atoms with Gasteiger partial charge >= 0.3 is 6.09 Å². The van der Waals surface area contributed by atoms with E-state index in [1.165, 1.54) is 11.3 Å². The van der Waals surface area contributed by atoms with Gasteiger partial charge in [0.1, 0.15) is 17.7 Å². The number of aryl methyl sites for hydroxylation is 2. The molecule has 3 amide bonds. The third-order valence-electron chi connectivity index (χ3n) is 6.53. The third kappa shape index (κ3) is 8.50. The molecule has 1 aliphatic carbocycles. The molecule has 3 unspecified atom stereocenters. The number of carbonyl (C=O) groups is 3. The number of alkyl carbamates (subject to hydrolysis) is 1. The minimum Gasteiger partial charge on any atom is -0.444 e. The maximum absolute atomic E-state index is 13.9. The van der Waals surface area contributed by atoms with Crippen LogP contribution in [0.5, 0.6) is 0 Å². The standard InChI is InChI=1S/C28H45N3O5/c1-8-20(4)31(26(34)23(17-32)30-27(35)36-28(5,6)7)24(21-15-18(2)14-19(3)16-21)25(33)29-22-12-10-9-11-13-22/h14-16,20,22-24,32H,8-13,17H2,1-7H3,(H,29,33)(H,30,35). The molecule has 0 aromatic heterocycles. The number of nitrogens with zero attached hydrogens (tertiary/aromatic N) is 1. The maximum Gasteiger partial charge on any atom is 0.408 e. The summed E-state index contributed by atoms with van der Waals surface area (Å²) in [6.45, 7) is 12.3. The van der Waals surface area contributed by atoms with Crippen molar-refractivity contribution in [3.8, 4) is 0 Å². The van der Waals surface area contributed by atoms with Crippen LogP contribution in [-0.2, 0) is 14.3 Å². The van der Waals surface area contributed by atoms with Crippen LogP contribution in [0.2, 0.25) is 0 Å². The Morgan fingerprint density at radius 1 is 1.08 bits per heavy atom. The van der Waals surface area contributed by atoms with E-state index < -0.39 is 36.3 Å². The normalized spacial score (nSPS) is 17.0. The maximum atomic E-state index is 13.9. The SMILES string of the molecule is CCC(C)N(C(=O)C(CO)NC(=O)OC(C)(C)C)C(C(=O)NC1CCCCC1)c1cc(C)cc(C)c1. The molecule has 202 valence electrons. The first-order chi connectivity index (χ1) is 16.9. The molecule has 0 heterocycles. The molecule has 0 aliphatic heterocycles. The van der Waals surface area contributed by atoms with Crippen LogP contribution in [-0.4, -0.2) is 58.2 Å². The van der Waals surface area contributed by atoms with Crippen LogP contribution in [0.1, 0.15) is 95.9 Å². The Morgan fingerprint density at radius 2 is 1.67 bits per heavy atom. The number of aliphatic hydroxyl groups excluding tert-OH is 1. The van der Waals surface area contributed by atoms with Gasteiger partial charge in [-0.15, -0.1) is 0 Å². The molecule has 0 spiro atoms. The number of hydrogen-bond donors (Lipinski definition) is 3. The van der Waals surface area contributed by atoms with E-state index in [-0.39, 0.29) is 18.0 Å². The van der Waals surface area contributed by atoms with Crippen molar-refractivity contribution in [2.45, 2.75) is 117 Å². The van der Waals surface area contributed by atoms with Crippen molar-refractivity contribution in [3.05, 3.63) is 34.9 Å². The van der Waals surface area contributed by atoms with Gasteiger partial charge in [0.2, 0.25) is 11.8 Å². The van der Waals surface area contributed by atoms with E-state index in [0.29, 0.717) is 12.0 Å². The Hall–Kier alpha value is -2.61. The molecule has 8 nitrogen and oxygen atoms in total. The first-order valence-corrected chi connectivity index (χ1v) is 13.2. The predicted octanol–water partition coefficient (Wildman–Crippen LogP) is 4.31. The lowest BCUT2D eigenvalue weighted by Gasteiger charge is -2.39. The molecule has 2 rings (SSSR count). The van der Waals surface area contributed by atoms with Gasteiger partial charge in [0.05, 0.1) is 6.61 Å². The largest absolute Gasteiger partial charge is 0.444 e. The van der Waals surface area contributed by atoms with Gasteiger partial charge < -0.3 is 25.4 Å². The second kappa shape index (κ2) is 13.1. The fourth-order valence-electron chi connectivity index (χ4n) is 4.74.